The van der Waals surface area contributed by atoms with Gasteiger partial charge in [-0.2, -0.15) is 0 Å². The standard InChI is InChI=1S/C12H15ClN2O2.ClH/c13-9-1-3-10(4-2-9)15-12(16)7-11-8-14-5-6-17-11;/h1-4,11,14H,5-8H2,(H,15,16);1H. The van der Waals surface area contributed by atoms with Gasteiger partial charge in [-0.3, -0.25) is 4.79 Å². The van der Waals surface area contributed by atoms with Gasteiger partial charge in [0.15, 0.2) is 0 Å². The van der Waals surface area contributed by atoms with Gasteiger partial charge in [-0.05, 0) is 24.3 Å². The number of morpholine rings is 1. The molecule has 0 aliphatic carbocycles. The van der Waals surface area contributed by atoms with Crippen molar-refractivity contribution in [2.24, 2.45) is 0 Å². The predicted molar refractivity (Wildman–Crippen MR) is 74.6 cm³/mol. The lowest BCUT2D eigenvalue weighted by Crippen LogP contribution is -2.40. The van der Waals surface area contributed by atoms with Gasteiger partial charge in [0, 0.05) is 23.8 Å². The second-order valence-corrected chi connectivity index (χ2v) is 4.39. The topological polar surface area (TPSA) is 50.4 Å². The molecule has 0 saturated carbocycles. The fourth-order valence-electron chi connectivity index (χ4n) is 1.70. The lowest BCUT2D eigenvalue weighted by Gasteiger charge is -2.23. The van der Waals surface area contributed by atoms with Gasteiger partial charge in [0.25, 0.3) is 0 Å². The van der Waals surface area contributed by atoms with E-state index in [0.29, 0.717) is 18.1 Å². The van der Waals surface area contributed by atoms with Gasteiger partial charge in [0.05, 0.1) is 19.1 Å². The fourth-order valence-corrected chi connectivity index (χ4v) is 1.83. The average Bonchev–Trinajstić information content (AvgIpc) is 2.33. The van der Waals surface area contributed by atoms with E-state index in [1.165, 1.54) is 0 Å². The number of nitrogens with one attached hydrogen (secondary N) is 2. The molecule has 1 atom stereocenters. The van der Waals surface area contributed by atoms with Crippen LogP contribution in [-0.2, 0) is 9.53 Å². The number of benzene rings is 1. The summed E-state index contributed by atoms with van der Waals surface area (Å²) in [6.45, 7) is 2.25. The highest BCUT2D eigenvalue weighted by Crippen LogP contribution is 2.14. The third kappa shape index (κ3) is 4.82. The van der Waals surface area contributed by atoms with Crippen LogP contribution in [0, 0.1) is 0 Å². The first kappa shape index (κ1) is 15.2. The van der Waals surface area contributed by atoms with E-state index in [1.54, 1.807) is 24.3 Å². The van der Waals surface area contributed by atoms with Crippen LogP contribution in [-0.4, -0.2) is 31.7 Å². The summed E-state index contributed by atoms with van der Waals surface area (Å²) in [6.07, 6.45) is 0.339. The number of ether oxygens (including phenoxy) is 1. The molecular formula is C12H16Cl2N2O2. The maximum Gasteiger partial charge on any atom is 0.227 e. The summed E-state index contributed by atoms with van der Waals surface area (Å²) in [5.74, 6) is -0.0407. The smallest absolute Gasteiger partial charge is 0.227 e. The molecule has 1 fully saturated rings. The molecule has 0 bridgehead atoms. The number of carbonyl (C=O) groups excluding carboxylic acids is 1. The average molecular weight is 291 g/mol. The van der Waals surface area contributed by atoms with Crippen molar-refractivity contribution < 1.29 is 9.53 Å². The van der Waals surface area contributed by atoms with Crippen LogP contribution in [0.15, 0.2) is 24.3 Å². The van der Waals surface area contributed by atoms with Crippen LogP contribution in [0.5, 0.6) is 0 Å². The van der Waals surface area contributed by atoms with Crippen LogP contribution in [0.3, 0.4) is 0 Å². The summed E-state index contributed by atoms with van der Waals surface area (Å²) < 4.78 is 5.46. The van der Waals surface area contributed by atoms with E-state index in [-0.39, 0.29) is 24.4 Å². The maximum atomic E-state index is 11.7. The summed E-state index contributed by atoms with van der Waals surface area (Å²) >= 11 is 5.76. The van der Waals surface area contributed by atoms with E-state index >= 15 is 0 Å². The summed E-state index contributed by atoms with van der Waals surface area (Å²) in [5, 5.41) is 6.66. The monoisotopic (exact) mass is 290 g/mol. The highest BCUT2D eigenvalue weighted by atomic mass is 35.5. The van der Waals surface area contributed by atoms with E-state index in [2.05, 4.69) is 10.6 Å². The van der Waals surface area contributed by atoms with Crippen LogP contribution in [0.4, 0.5) is 5.69 Å². The van der Waals surface area contributed by atoms with Crippen LogP contribution in [0.1, 0.15) is 6.42 Å². The number of carbonyl (C=O) groups is 1. The highest BCUT2D eigenvalue weighted by Gasteiger charge is 2.17. The Morgan fingerprint density at radius 3 is 2.78 bits per heavy atom. The van der Waals surface area contributed by atoms with Crippen LogP contribution in [0.25, 0.3) is 0 Å². The van der Waals surface area contributed by atoms with Gasteiger partial charge in [0.2, 0.25) is 5.91 Å². The minimum Gasteiger partial charge on any atom is -0.375 e. The zero-order chi connectivity index (χ0) is 12.1. The summed E-state index contributed by atoms with van der Waals surface area (Å²) in [5.41, 5.74) is 0.753. The minimum atomic E-state index is -0.0407. The molecular weight excluding hydrogens is 275 g/mol. The fraction of sp³-hybridized carbons (Fsp3) is 0.417. The Morgan fingerprint density at radius 2 is 2.17 bits per heavy atom. The van der Waals surface area contributed by atoms with E-state index < -0.39 is 0 Å². The van der Waals surface area contributed by atoms with E-state index in [1.807, 2.05) is 0 Å². The van der Waals surface area contributed by atoms with Crippen molar-refractivity contribution >= 4 is 35.6 Å². The van der Waals surface area contributed by atoms with E-state index in [9.17, 15) is 4.79 Å². The second kappa shape index (κ2) is 7.59. The highest BCUT2D eigenvalue weighted by molar-refractivity contribution is 6.30. The first-order valence-corrected chi connectivity index (χ1v) is 5.99. The van der Waals surface area contributed by atoms with Crippen molar-refractivity contribution in [3.8, 4) is 0 Å². The maximum absolute atomic E-state index is 11.7. The number of amides is 1. The van der Waals surface area contributed by atoms with Crippen LogP contribution >= 0.6 is 24.0 Å². The lowest BCUT2D eigenvalue weighted by molar-refractivity contribution is -0.119. The molecule has 2 rings (SSSR count). The molecule has 0 aromatic heterocycles. The quantitative estimate of drug-likeness (QED) is 0.896. The van der Waals surface area contributed by atoms with E-state index in [4.69, 9.17) is 16.3 Å². The van der Waals surface area contributed by atoms with Crippen molar-refractivity contribution in [2.45, 2.75) is 12.5 Å². The summed E-state index contributed by atoms with van der Waals surface area (Å²) in [7, 11) is 0. The molecule has 1 aromatic rings. The molecule has 1 aliphatic heterocycles. The summed E-state index contributed by atoms with van der Waals surface area (Å²) in [6, 6.07) is 7.05. The lowest BCUT2D eigenvalue weighted by atomic mass is 10.2. The van der Waals surface area contributed by atoms with Crippen molar-refractivity contribution in [3.63, 3.8) is 0 Å². The number of rotatable bonds is 3. The zero-order valence-electron chi connectivity index (χ0n) is 9.82. The molecule has 1 aromatic carbocycles. The molecule has 1 saturated heterocycles. The molecule has 0 radical (unpaired) electrons. The van der Waals surface area contributed by atoms with Crippen molar-refractivity contribution in [2.75, 3.05) is 25.0 Å². The Bertz CT molecular complexity index is 378. The summed E-state index contributed by atoms with van der Waals surface area (Å²) in [4.78, 5) is 11.7. The second-order valence-electron chi connectivity index (χ2n) is 3.96. The van der Waals surface area contributed by atoms with Crippen molar-refractivity contribution in [3.05, 3.63) is 29.3 Å². The van der Waals surface area contributed by atoms with E-state index in [0.717, 1.165) is 18.8 Å². The Hall–Kier alpha value is -0.810. The van der Waals surface area contributed by atoms with Gasteiger partial charge < -0.3 is 15.4 Å². The first-order valence-electron chi connectivity index (χ1n) is 5.62. The largest absolute Gasteiger partial charge is 0.375 e. The molecule has 1 heterocycles. The normalized spacial score (nSPS) is 18.8. The molecule has 1 aliphatic rings. The number of halogens is 2. The molecule has 2 N–H and O–H groups in total. The van der Waals surface area contributed by atoms with Gasteiger partial charge in [-0.1, -0.05) is 11.6 Å². The zero-order valence-corrected chi connectivity index (χ0v) is 11.4. The van der Waals surface area contributed by atoms with Crippen LogP contribution in [0.2, 0.25) is 5.02 Å². The Kier molecular flexibility index (Phi) is 6.43. The predicted octanol–water partition coefficient (Wildman–Crippen LogP) is 2.08. The minimum absolute atomic E-state index is 0. The Balaban J connectivity index is 0.00000162. The molecule has 100 valence electrons. The SMILES string of the molecule is Cl.O=C(CC1CNCCO1)Nc1ccc(Cl)cc1. The molecule has 4 nitrogen and oxygen atoms in total. The van der Waals surface area contributed by atoms with Gasteiger partial charge in [-0.15, -0.1) is 12.4 Å². The molecule has 18 heavy (non-hydrogen) atoms. The molecule has 1 unspecified atom stereocenters. The van der Waals surface area contributed by atoms with Gasteiger partial charge in [0.1, 0.15) is 0 Å². The number of hydrogen-bond donors (Lipinski definition) is 2. The first-order chi connectivity index (χ1) is 8.24. The Morgan fingerprint density at radius 1 is 1.44 bits per heavy atom. The molecule has 0 spiro atoms. The Labute approximate surface area is 117 Å². The third-order valence-corrected chi connectivity index (χ3v) is 2.80. The number of anilines is 1. The third-order valence-electron chi connectivity index (χ3n) is 2.55. The van der Waals surface area contributed by atoms with Gasteiger partial charge >= 0.3 is 0 Å². The van der Waals surface area contributed by atoms with Crippen molar-refractivity contribution in [1.82, 2.24) is 5.32 Å². The molecule has 6 heteroatoms. The van der Waals surface area contributed by atoms with Crippen LogP contribution < -0.4 is 10.6 Å². The molecule has 1 amide bonds. The van der Waals surface area contributed by atoms with Gasteiger partial charge in [-0.25, -0.2) is 0 Å². The van der Waals surface area contributed by atoms with Crippen molar-refractivity contribution in [1.29, 1.82) is 0 Å². The number of hydrogen-bond acceptors (Lipinski definition) is 3.